The fourth-order valence-corrected chi connectivity index (χ4v) is 4.94. The molecule has 2 aliphatic rings. The van der Waals surface area contributed by atoms with E-state index < -0.39 is 0 Å². The molecule has 0 aromatic heterocycles. The lowest BCUT2D eigenvalue weighted by Crippen LogP contribution is -2.43. The first kappa shape index (κ1) is 20.5. The van der Waals surface area contributed by atoms with Gasteiger partial charge in [0.25, 0.3) is 0 Å². The van der Waals surface area contributed by atoms with Gasteiger partial charge < -0.3 is 19.1 Å². The van der Waals surface area contributed by atoms with Crippen LogP contribution in [0.4, 0.5) is 0 Å². The van der Waals surface area contributed by atoms with Crippen LogP contribution >= 0.6 is 0 Å². The van der Waals surface area contributed by atoms with Gasteiger partial charge in [-0.1, -0.05) is 24.3 Å². The number of esters is 1. The predicted octanol–water partition coefficient (Wildman–Crippen LogP) is 4.49. The first-order chi connectivity index (χ1) is 14.5. The van der Waals surface area contributed by atoms with Gasteiger partial charge in [-0.05, 0) is 68.8 Å². The Morgan fingerprint density at radius 2 is 1.87 bits per heavy atom. The largest absolute Gasteiger partial charge is 0.493 e. The normalized spacial score (nSPS) is 23.5. The van der Waals surface area contributed by atoms with Gasteiger partial charge in [0.1, 0.15) is 5.76 Å². The van der Waals surface area contributed by atoms with Gasteiger partial charge >= 0.3 is 5.97 Å². The van der Waals surface area contributed by atoms with Gasteiger partial charge in [-0.15, -0.1) is 0 Å². The molecule has 1 fully saturated rings. The monoisotopic (exact) mass is 407 g/mol. The number of rotatable bonds is 5. The number of methoxy groups -OCH3 is 2. The molecule has 30 heavy (non-hydrogen) atoms. The number of hydrogen-bond acceptors (Lipinski definition) is 5. The summed E-state index contributed by atoms with van der Waals surface area (Å²) in [5.41, 5.74) is 2.77. The Kier molecular flexibility index (Phi) is 5.56. The fourth-order valence-electron chi connectivity index (χ4n) is 4.94. The second-order valence-electron chi connectivity index (χ2n) is 8.26. The molecule has 0 spiro atoms. The second-order valence-corrected chi connectivity index (χ2v) is 8.26. The Morgan fingerprint density at radius 1 is 1.10 bits per heavy atom. The van der Waals surface area contributed by atoms with Crippen LogP contribution in [0.5, 0.6) is 11.5 Å². The molecule has 5 heteroatoms. The number of allylic oxidation sites excluding steroid dienone is 1. The Hall–Kier alpha value is -2.79. The highest BCUT2D eigenvalue weighted by Gasteiger charge is 2.49. The maximum atomic E-state index is 12.7. The second kappa shape index (κ2) is 8.15. The number of fused-ring (bicyclic) bond motifs is 1. The molecular formula is C25H29NO4. The van der Waals surface area contributed by atoms with Gasteiger partial charge in [0.05, 0.1) is 19.8 Å². The van der Waals surface area contributed by atoms with Gasteiger partial charge in [-0.25, -0.2) is 4.79 Å². The average molecular weight is 408 g/mol. The lowest BCUT2D eigenvalue weighted by molar-refractivity contribution is 0.0579. The molecule has 0 N–H and O–H groups in total. The van der Waals surface area contributed by atoms with E-state index in [1.807, 2.05) is 37.3 Å². The molecule has 0 bridgehead atoms. The van der Waals surface area contributed by atoms with Crippen molar-refractivity contribution in [1.29, 1.82) is 0 Å². The van der Waals surface area contributed by atoms with E-state index in [0.717, 1.165) is 42.2 Å². The summed E-state index contributed by atoms with van der Waals surface area (Å²) in [6, 6.07) is 14.0. The Morgan fingerprint density at radius 3 is 2.60 bits per heavy atom. The molecule has 1 saturated heterocycles. The highest BCUT2D eigenvalue weighted by atomic mass is 16.5. The van der Waals surface area contributed by atoms with Gasteiger partial charge in [0, 0.05) is 17.9 Å². The molecular weight excluding hydrogens is 378 g/mol. The number of carbonyl (C=O) groups is 1. The standard InChI is InChI=1S/C25H29NO4/c1-17-7-5-6-8-20(17)24(27)30-19-11-12-25(13-14-26(2)23(25)16-19)18-9-10-21(28-3)22(15-18)29-4/h5-11,15,23H,12-14,16H2,1-4H3. The van der Waals surface area contributed by atoms with Gasteiger partial charge in [-0.3, -0.25) is 0 Å². The third kappa shape index (κ3) is 3.47. The van der Waals surface area contributed by atoms with E-state index in [-0.39, 0.29) is 17.4 Å². The van der Waals surface area contributed by atoms with E-state index in [9.17, 15) is 4.79 Å². The average Bonchev–Trinajstić information content (AvgIpc) is 3.10. The van der Waals surface area contributed by atoms with Crippen molar-refractivity contribution in [2.45, 2.75) is 37.6 Å². The van der Waals surface area contributed by atoms with E-state index in [0.29, 0.717) is 12.0 Å². The predicted molar refractivity (Wildman–Crippen MR) is 116 cm³/mol. The molecule has 158 valence electrons. The summed E-state index contributed by atoms with van der Waals surface area (Å²) >= 11 is 0. The van der Waals surface area contributed by atoms with Crippen molar-refractivity contribution in [1.82, 2.24) is 4.90 Å². The van der Waals surface area contributed by atoms with Crippen LogP contribution in [0.25, 0.3) is 0 Å². The van der Waals surface area contributed by atoms with E-state index in [1.165, 1.54) is 5.56 Å². The van der Waals surface area contributed by atoms with Crippen molar-refractivity contribution in [3.8, 4) is 11.5 Å². The third-order valence-corrected chi connectivity index (χ3v) is 6.72. The molecule has 0 amide bonds. The summed E-state index contributed by atoms with van der Waals surface area (Å²) in [4.78, 5) is 15.1. The van der Waals surface area contributed by atoms with Crippen molar-refractivity contribution < 1.29 is 19.0 Å². The smallest absolute Gasteiger partial charge is 0.343 e. The Bertz CT molecular complexity index is 983. The van der Waals surface area contributed by atoms with Crippen LogP contribution in [-0.4, -0.2) is 44.7 Å². The zero-order valence-electron chi connectivity index (χ0n) is 18.1. The third-order valence-electron chi connectivity index (χ3n) is 6.72. The fraction of sp³-hybridized carbons (Fsp3) is 0.400. The first-order valence-electron chi connectivity index (χ1n) is 10.4. The molecule has 2 aromatic rings. The van der Waals surface area contributed by atoms with Crippen LogP contribution < -0.4 is 9.47 Å². The molecule has 2 atom stereocenters. The van der Waals surface area contributed by atoms with Gasteiger partial charge in [0.15, 0.2) is 11.5 Å². The number of hydrogen-bond donors (Lipinski definition) is 0. The van der Waals surface area contributed by atoms with Crippen LogP contribution in [0.1, 0.15) is 40.7 Å². The minimum Gasteiger partial charge on any atom is -0.493 e. The molecule has 5 nitrogen and oxygen atoms in total. The van der Waals surface area contributed by atoms with Crippen molar-refractivity contribution in [2.24, 2.45) is 0 Å². The first-order valence-corrected chi connectivity index (χ1v) is 10.4. The number of aryl methyl sites for hydroxylation is 1. The Balaban J connectivity index is 1.62. The summed E-state index contributed by atoms with van der Waals surface area (Å²) in [6.45, 7) is 2.94. The highest BCUT2D eigenvalue weighted by molar-refractivity contribution is 5.91. The number of likely N-dealkylation sites (N-methyl/N-ethyl adjacent to an activating group) is 1. The lowest BCUT2D eigenvalue weighted by atomic mass is 9.68. The minimum atomic E-state index is -0.279. The number of carbonyl (C=O) groups excluding carboxylic acids is 1. The SMILES string of the molecule is COc1ccc(C23CC=C(OC(=O)c4ccccc4C)CC2N(C)CC3)cc1OC. The van der Waals surface area contributed by atoms with Crippen LogP contribution in [0.15, 0.2) is 54.3 Å². The van der Waals surface area contributed by atoms with Crippen LogP contribution in [0, 0.1) is 6.92 Å². The molecule has 0 radical (unpaired) electrons. The van der Waals surface area contributed by atoms with E-state index in [2.05, 4.69) is 30.2 Å². The van der Waals surface area contributed by atoms with Gasteiger partial charge in [-0.2, -0.15) is 0 Å². The van der Waals surface area contributed by atoms with E-state index >= 15 is 0 Å². The maximum Gasteiger partial charge on any atom is 0.343 e. The summed E-state index contributed by atoms with van der Waals surface area (Å²) in [5, 5.41) is 0. The van der Waals surface area contributed by atoms with Crippen molar-refractivity contribution >= 4 is 5.97 Å². The van der Waals surface area contributed by atoms with E-state index in [4.69, 9.17) is 14.2 Å². The summed E-state index contributed by atoms with van der Waals surface area (Å²) < 4.78 is 16.8. The van der Waals surface area contributed by atoms with Crippen molar-refractivity contribution in [3.05, 3.63) is 71.0 Å². The van der Waals surface area contributed by atoms with Crippen LogP contribution in [0.2, 0.25) is 0 Å². The van der Waals surface area contributed by atoms with Crippen LogP contribution in [-0.2, 0) is 10.2 Å². The molecule has 2 unspecified atom stereocenters. The highest BCUT2D eigenvalue weighted by Crippen LogP contribution is 2.49. The lowest BCUT2D eigenvalue weighted by Gasteiger charge is -2.40. The zero-order valence-corrected chi connectivity index (χ0v) is 18.1. The van der Waals surface area contributed by atoms with Crippen LogP contribution in [0.3, 0.4) is 0 Å². The minimum absolute atomic E-state index is 0.0210. The molecule has 0 saturated carbocycles. The number of benzene rings is 2. The molecule has 2 aromatic carbocycles. The quantitative estimate of drug-likeness (QED) is 0.684. The summed E-state index contributed by atoms with van der Waals surface area (Å²) in [7, 11) is 5.47. The van der Waals surface area contributed by atoms with Crippen molar-refractivity contribution in [2.75, 3.05) is 27.8 Å². The zero-order chi connectivity index (χ0) is 21.3. The number of likely N-dealkylation sites (tertiary alicyclic amines) is 1. The van der Waals surface area contributed by atoms with E-state index in [1.54, 1.807) is 14.2 Å². The maximum absolute atomic E-state index is 12.7. The van der Waals surface area contributed by atoms with Gasteiger partial charge in [0.2, 0.25) is 0 Å². The molecule has 1 aliphatic heterocycles. The topological polar surface area (TPSA) is 48.0 Å². The molecule has 1 heterocycles. The number of ether oxygens (including phenoxy) is 3. The number of nitrogens with zero attached hydrogens (tertiary/aromatic N) is 1. The molecule has 4 rings (SSSR count). The Labute approximate surface area is 178 Å². The summed E-state index contributed by atoms with van der Waals surface area (Å²) in [6.07, 6.45) is 4.69. The molecule has 1 aliphatic carbocycles. The summed E-state index contributed by atoms with van der Waals surface area (Å²) in [5.74, 6) is 1.97. The van der Waals surface area contributed by atoms with Crippen molar-refractivity contribution in [3.63, 3.8) is 0 Å².